The molecule has 0 aliphatic heterocycles. The molecule has 0 radical (unpaired) electrons. The molecule has 0 unspecified atom stereocenters. The standard InChI is InChI=1S/C16H17N7O5/c1-17-14(25)8(6-23-4-3-10(24)22-16(23)27)21-15(26)11-9(28-2)5-18-13-12(11)19-7-20-13/h3-5,7-8H,6H2,1-2H3,(H,17,25)(H,21,26)(H,18,19,20)(H,22,24,27)/t8-/m0/s1. The monoisotopic (exact) mass is 387 g/mol. The number of hydrogen-bond acceptors (Lipinski definition) is 7. The largest absolute Gasteiger partial charge is 0.494 e. The van der Waals surface area contributed by atoms with Crippen molar-refractivity contribution in [1.82, 2.24) is 35.1 Å². The molecule has 28 heavy (non-hydrogen) atoms. The van der Waals surface area contributed by atoms with Gasteiger partial charge >= 0.3 is 5.69 Å². The molecule has 12 heteroatoms. The van der Waals surface area contributed by atoms with E-state index in [-0.39, 0.29) is 17.9 Å². The van der Waals surface area contributed by atoms with Crippen LogP contribution in [0.5, 0.6) is 5.75 Å². The number of ether oxygens (including phenoxy) is 1. The number of carbonyl (C=O) groups is 2. The van der Waals surface area contributed by atoms with Crippen molar-refractivity contribution in [3.63, 3.8) is 0 Å². The number of nitrogens with zero attached hydrogens (tertiary/aromatic N) is 3. The number of hydrogen-bond donors (Lipinski definition) is 4. The Morgan fingerprint density at radius 1 is 1.32 bits per heavy atom. The first-order chi connectivity index (χ1) is 13.4. The molecule has 0 saturated carbocycles. The van der Waals surface area contributed by atoms with E-state index in [2.05, 4.69) is 30.6 Å². The van der Waals surface area contributed by atoms with Crippen molar-refractivity contribution in [2.45, 2.75) is 12.6 Å². The highest BCUT2D eigenvalue weighted by Crippen LogP contribution is 2.23. The second kappa shape index (κ2) is 7.73. The summed E-state index contributed by atoms with van der Waals surface area (Å²) in [6, 6.07) is 0.0430. The number of likely N-dealkylation sites (N-methyl/N-ethyl adjacent to an activating group) is 1. The zero-order valence-electron chi connectivity index (χ0n) is 15.0. The van der Waals surface area contributed by atoms with Crippen molar-refractivity contribution in [3.8, 4) is 5.75 Å². The van der Waals surface area contributed by atoms with Crippen LogP contribution >= 0.6 is 0 Å². The van der Waals surface area contributed by atoms with Crippen LogP contribution in [0.2, 0.25) is 0 Å². The summed E-state index contributed by atoms with van der Waals surface area (Å²) >= 11 is 0. The van der Waals surface area contributed by atoms with E-state index in [1.165, 1.54) is 32.9 Å². The zero-order valence-corrected chi connectivity index (χ0v) is 15.0. The summed E-state index contributed by atoms with van der Waals surface area (Å²) in [5.74, 6) is -0.967. The number of pyridine rings is 1. The van der Waals surface area contributed by atoms with E-state index in [1.54, 1.807) is 0 Å². The van der Waals surface area contributed by atoms with Gasteiger partial charge in [0.25, 0.3) is 11.5 Å². The Balaban J connectivity index is 1.94. The highest BCUT2D eigenvalue weighted by Gasteiger charge is 2.25. The molecule has 12 nitrogen and oxygen atoms in total. The van der Waals surface area contributed by atoms with Crippen LogP contribution in [-0.4, -0.2) is 56.5 Å². The maximum atomic E-state index is 12.9. The van der Waals surface area contributed by atoms with Gasteiger partial charge in [-0.05, 0) is 0 Å². The van der Waals surface area contributed by atoms with Gasteiger partial charge in [-0.1, -0.05) is 0 Å². The first kappa shape index (κ1) is 18.8. The Bertz CT molecular complexity index is 1150. The number of aromatic nitrogens is 5. The van der Waals surface area contributed by atoms with E-state index in [1.807, 2.05) is 0 Å². The zero-order chi connectivity index (χ0) is 20.3. The summed E-state index contributed by atoms with van der Waals surface area (Å²) in [5, 5.41) is 5.00. The maximum absolute atomic E-state index is 12.9. The van der Waals surface area contributed by atoms with Crippen LogP contribution in [0.15, 0.2) is 34.4 Å². The van der Waals surface area contributed by atoms with E-state index in [0.717, 1.165) is 10.6 Å². The molecule has 0 aromatic carbocycles. The lowest BCUT2D eigenvalue weighted by molar-refractivity contribution is -0.122. The lowest BCUT2D eigenvalue weighted by atomic mass is 10.1. The number of imidazole rings is 1. The maximum Gasteiger partial charge on any atom is 0.328 e. The summed E-state index contributed by atoms with van der Waals surface area (Å²) < 4.78 is 6.30. The quantitative estimate of drug-likeness (QED) is 0.394. The number of aromatic amines is 2. The summed E-state index contributed by atoms with van der Waals surface area (Å²) in [4.78, 5) is 61.2. The van der Waals surface area contributed by atoms with Gasteiger partial charge in [0.2, 0.25) is 5.91 Å². The van der Waals surface area contributed by atoms with Crippen molar-refractivity contribution < 1.29 is 14.3 Å². The van der Waals surface area contributed by atoms with E-state index >= 15 is 0 Å². The Labute approximate surface area is 157 Å². The molecule has 3 aromatic rings. The smallest absolute Gasteiger partial charge is 0.328 e. The molecule has 4 N–H and O–H groups in total. The van der Waals surface area contributed by atoms with Crippen LogP contribution in [0.25, 0.3) is 11.2 Å². The van der Waals surface area contributed by atoms with Gasteiger partial charge in [0.1, 0.15) is 17.1 Å². The summed E-state index contributed by atoms with van der Waals surface area (Å²) in [5.41, 5.74) is -0.501. The van der Waals surface area contributed by atoms with Crippen molar-refractivity contribution >= 4 is 23.0 Å². The molecule has 3 heterocycles. The second-order valence-electron chi connectivity index (χ2n) is 5.71. The van der Waals surface area contributed by atoms with Crippen LogP contribution in [-0.2, 0) is 11.3 Å². The fraction of sp³-hybridized carbons (Fsp3) is 0.250. The molecule has 0 spiro atoms. The SMILES string of the molecule is CNC(=O)[C@H](Cn1ccc(=O)[nH]c1=O)NC(=O)c1c(OC)cnc2nc[nH]c12. The predicted molar refractivity (Wildman–Crippen MR) is 97.1 cm³/mol. The third-order valence-electron chi connectivity index (χ3n) is 4.01. The fourth-order valence-corrected chi connectivity index (χ4v) is 2.64. The Hall–Kier alpha value is -3.96. The minimum Gasteiger partial charge on any atom is -0.494 e. The molecule has 0 saturated heterocycles. The van der Waals surface area contributed by atoms with Crippen LogP contribution in [0.3, 0.4) is 0 Å². The van der Waals surface area contributed by atoms with Crippen molar-refractivity contribution in [2.24, 2.45) is 0 Å². The minimum atomic E-state index is -1.10. The second-order valence-corrected chi connectivity index (χ2v) is 5.71. The lowest BCUT2D eigenvalue weighted by Crippen LogP contribution is -2.49. The average Bonchev–Trinajstić information content (AvgIpc) is 3.16. The summed E-state index contributed by atoms with van der Waals surface area (Å²) in [7, 11) is 2.78. The van der Waals surface area contributed by atoms with Crippen molar-refractivity contribution in [2.75, 3.05) is 14.2 Å². The van der Waals surface area contributed by atoms with Gasteiger partial charge in [0.05, 0.1) is 26.2 Å². The molecule has 146 valence electrons. The van der Waals surface area contributed by atoms with E-state index < -0.39 is 29.1 Å². The number of H-pyrrole nitrogens is 2. The van der Waals surface area contributed by atoms with E-state index in [4.69, 9.17) is 4.74 Å². The van der Waals surface area contributed by atoms with Crippen LogP contribution in [0.1, 0.15) is 10.4 Å². The summed E-state index contributed by atoms with van der Waals surface area (Å²) in [6.45, 7) is -0.194. The number of methoxy groups -OCH3 is 1. The topological polar surface area (TPSA) is 164 Å². The van der Waals surface area contributed by atoms with Gasteiger partial charge in [-0.2, -0.15) is 0 Å². The van der Waals surface area contributed by atoms with Crippen molar-refractivity contribution in [1.29, 1.82) is 0 Å². The average molecular weight is 387 g/mol. The third-order valence-corrected chi connectivity index (χ3v) is 4.01. The first-order valence-electron chi connectivity index (χ1n) is 8.13. The number of carbonyl (C=O) groups excluding carboxylic acids is 2. The number of fused-ring (bicyclic) bond motifs is 1. The van der Waals surface area contributed by atoms with Gasteiger partial charge in [0.15, 0.2) is 11.4 Å². The normalized spacial score (nSPS) is 11.8. The molecule has 2 amide bonds. The molecule has 0 fully saturated rings. The minimum absolute atomic E-state index is 0.118. The number of rotatable bonds is 6. The fourth-order valence-electron chi connectivity index (χ4n) is 2.64. The van der Waals surface area contributed by atoms with Crippen molar-refractivity contribution in [3.05, 3.63) is 51.2 Å². The highest BCUT2D eigenvalue weighted by atomic mass is 16.5. The summed E-state index contributed by atoms with van der Waals surface area (Å²) in [6.07, 6.45) is 3.97. The molecule has 0 bridgehead atoms. The number of nitrogens with one attached hydrogen (secondary N) is 4. The van der Waals surface area contributed by atoms with Crippen LogP contribution in [0, 0.1) is 0 Å². The Kier molecular flexibility index (Phi) is 5.20. The third kappa shape index (κ3) is 3.60. The van der Waals surface area contributed by atoms with Crippen LogP contribution < -0.4 is 26.6 Å². The van der Waals surface area contributed by atoms with Gasteiger partial charge in [-0.25, -0.2) is 14.8 Å². The predicted octanol–water partition coefficient (Wildman–Crippen LogP) is -1.64. The molecular formula is C16H17N7O5. The van der Waals surface area contributed by atoms with E-state index in [9.17, 15) is 19.2 Å². The molecular weight excluding hydrogens is 370 g/mol. The van der Waals surface area contributed by atoms with Gasteiger partial charge in [-0.3, -0.25) is 23.9 Å². The Morgan fingerprint density at radius 2 is 2.11 bits per heavy atom. The molecule has 0 aliphatic rings. The van der Waals surface area contributed by atoms with Gasteiger partial charge < -0.3 is 20.4 Å². The first-order valence-corrected chi connectivity index (χ1v) is 8.13. The Morgan fingerprint density at radius 3 is 2.79 bits per heavy atom. The number of amides is 2. The van der Waals surface area contributed by atoms with Gasteiger partial charge in [0, 0.05) is 19.3 Å². The van der Waals surface area contributed by atoms with Crippen LogP contribution in [0.4, 0.5) is 0 Å². The van der Waals surface area contributed by atoms with E-state index in [0.29, 0.717) is 11.2 Å². The lowest BCUT2D eigenvalue weighted by Gasteiger charge is -2.19. The highest BCUT2D eigenvalue weighted by molar-refractivity contribution is 6.07. The molecule has 3 rings (SSSR count). The molecule has 0 aliphatic carbocycles. The van der Waals surface area contributed by atoms with Gasteiger partial charge in [-0.15, -0.1) is 0 Å². The molecule has 1 atom stereocenters. The molecule has 3 aromatic heterocycles.